The number of nitrogens with two attached hydrogens (primary N) is 1. The molecule has 2 N–H and O–H groups in total. The number of hydrogen-bond donors (Lipinski definition) is 1. The van der Waals surface area contributed by atoms with Gasteiger partial charge in [0.15, 0.2) is 0 Å². The largest absolute Gasteiger partial charge is 0.369 e. The molecule has 0 aromatic rings. The van der Waals surface area contributed by atoms with E-state index < -0.39 is 0 Å². The monoisotopic (exact) mass is 229 g/mol. The molecule has 0 saturated carbocycles. The van der Waals surface area contributed by atoms with Gasteiger partial charge in [0, 0.05) is 4.91 Å². The Kier molecular flexibility index (Phi) is 12.7. The molecule has 0 aromatic carbocycles. The summed E-state index contributed by atoms with van der Waals surface area (Å²) in [5.74, 6) is -0.269. The van der Waals surface area contributed by atoms with E-state index in [4.69, 9.17) is 5.73 Å². The summed E-state index contributed by atoms with van der Waals surface area (Å²) in [5.41, 5.74) is 5.16. The third-order valence-electron chi connectivity index (χ3n) is 1.52. The van der Waals surface area contributed by atoms with Crippen LogP contribution < -0.4 is 5.73 Å². The Balaban J connectivity index is 0. The van der Waals surface area contributed by atoms with Crippen LogP contribution in [0.5, 0.6) is 0 Å². The van der Waals surface area contributed by atoms with Crippen LogP contribution in [0.4, 0.5) is 0 Å². The van der Waals surface area contributed by atoms with Gasteiger partial charge in [0.2, 0.25) is 5.91 Å². The maximum atomic E-state index is 10.8. The van der Waals surface area contributed by atoms with Crippen molar-refractivity contribution in [3.8, 4) is 0 Å². The summed E-state index contributed by atoms with van der Waals surface area (Å²) in [6.07, 6.45) is 7.07. The molecule has 88 valence electrons. The second-order valence-corrected chi connectivity index (χ2v) is 4.08. The molecule has 3 heteroatoms. The van der Waals surface area contributed by atoms with Gasteiger partial charge < -0.3 is 5.73 Å². The zero-order valence-corrected chi connectivity index (χ0v) is 11.2. The second kappa shape index (κ2) is 11.4. The highest BCUT2D eigenvalue weighted by atomic mass is 32.2. The maximum Gasteiger partial charge on any atom is 0.230 e. The number of rotatable bonds is 5. The predicted octanol–water partition coefficient (Wildman–Crippen LogP) is 3.49. The summed E-state index contributed by atoms with van der Waals surface area (Å²) in [5, 5.41) is -0.160. The lowest BCUT2D eigenvalue weighted by Gasteiger charge is -2.06. The third-order valence-corrected chi connectivity index (χ3v) is 2.75. The van der Waals surface area contributed by atoms with Crippen molar-refractivity contribution in [2.24, 2.45) is 5.73 Å². The van der Waals surface area contributed by atoms with Crippen molar-refractivity contribution in [2.45, 2.75) is 46.3 Å². The molecule has 0 aromatic heterocycles. The lowest BCUT2D eigenvalue weighted by Crippen LogP contribution is -2.22. The Hall–Kier alpha value is -0.700. The van der Waals surface area contributed by atoms with Crippen molar-refractivity contribution in [1.29, 1.82) is 0 Å². The smallest absolute Gasteiger partial charge is 0.230 e. The molecule has 0 bridgehead atoms. The molecule has 0 spiro atoms. The minimum atomic E-state index is -0.269. The number of amides is 1. The van der Waals surface area contributed by atoms with Crippen molar-refractivity contribution in [3.05, 3.63) is 23.1 Å². The predicted molar refractivity (Wildman–Crippen MR) is 70.8 cm³/mol. The van der Waals surface area contributed by atoms with Gasteiger partial charge in [-0.05, 0) is 20.3 Å². The Labute approximate surface area is 98.0 Å². The van der Waals surface area contributed by atoms with Crippen LogP contribution in [-0.4, -0.2) is 11.2 Å². The Bertz CT molecular complexity index is 222. The zero-order valence-electron chi connectivity index (χ0n) is 10.4. The highest BCUT2D eigenvalue weighted by Crippen LogP contribution is 2.22. The molecule has 0 aliphatic carbocycles. The van der Waals surface area contributed by atoms with Crippen LogP contribution in [0.25, 0.3) is 0 Å². The quantitative estimate of drug-likeness (QED) is 0.733. The minimum Gasteiger partial charge on any atom is -0.369 e. The van der Waals surface area contributed by atoms with Crippen molar-refractivity contribution in [3.63, 3.8) is 0 Å². The average Bonchev–Trinajstić information content (AvgIpc) is 2.26. The summed E-state index contributed by atoms with van der Waals surface area (Å²) in [4.78, 5) is 11.9. The van der Waals surface area contributed by atoms with E-state index in [9.17, 15) is 4.79 Å². The van der Waals surface area contributed by atoms with E-state index in [1.54, 1.807) is 0 Å². The fraction of sp³-hybridized carbons (Fsp3) is 0.583. The van der Waals surface area contributed by atoms with Crippen molar-refractivity contribution in [1.82, 2.24) is 0 Å². The lowest BCUT2D eigenvalue weighted by atomic mass is 10.4. The van der Waals surface area contributed by atoms with E-state index in [1.165, 1.54) is 11.8 Å². The summed E-state index contributed by atoms with van der Waals surface area (Å²) in [6, 6.07) is 0. The van der Waals surface area contributed by atoms with E-state index in [-0.39, 0.29) is 11.2 Å². The highest BCUT2D eigenvalue weighted by Gasteiger charge is 2.09. The van der Waals surface area contributed by atoms with Gasteiger partial charge in [0.25, 0.3) is 0 Å². The van der Waals surface area contributed by atoms with Crippen LogP contribution in [0.15, 0.2) is 23.1 Å². The van der Waals surface area contributed by atoms with Crippen molar-refractivity contribution in [2.75, 3.05) is 0 Å². The van der Waals surface area contributed by atoms with Crippen LogP contribution in [0.3, 0.4) is 0 Å². The first kappa shape index (κ1) is 16.7. The fourth-order valence-electron chi connectivity index (χ4n) is 0.700. The second-order valence-electron chi connectivity index (χ2n) is 2.66. The fourth-order valence-corrected chi connectivity index (χ4v) is 1.54. The molecule has 1 unspecified atom stereocenters. The normalized spacial score (nSPS) is 13.3. The molecule has 0 rings (SSSR count). The van der Waals surface area contributed by atoms with Crippen LogP contribution in [0.1, 0.15) is 41.0 Å². The van der Waals surface area contributed by atoms with Crippen molar-refractivity contribution < 1.29 is 4.79 Å². The van der Waals surface area contributed by atoms with E-state index in [2.05, 4.69) is 13.0 Å². The summed E-state index contributed by atoms with van der Waals surface area (Å²) >= 11 is 1.49. The SMILES string of the molecule is C/C=C(/C=C/CC)SC(C)C(N)=O.CC. The summed E-state index contributed by atoms with van der Waals surface area (Å²) in [6.45, 7) is 9.85. The third kappa shape index (κ3) is 9.60. The topological polar surface area (TPSA) is 43.1 Å². The number of primary amides is 1. The Morgan fingerprint density at radius 3 is 2.33 bits per heavy atom. The zero-order chi connectivity index (χ0) is 12.3. The molecule has 1 atom stereocenters. The average molecular weight is 229 g/mol. The number of carbonyl (C=O) groups excluding carboxylic acids is 1. The molecule has 15 heavy (non-hydrogen) atoms. The lowest BCUT2D eigenvalue weighted by molar-refractivity contribution is -0.117. The molecule has 0 aliphatic heterocycles. The van der Waals surface area contributed by atoms with E-state index in [0.717, 1.165) is 11.3 Å². The summed E-state index contributed by atoms with van der Waals surface area (Å²) in [7, 11) is 0. The Morgan fingerprint density at radius 1 is 1.47 bits per heavy atom. The van der Waals surface area contributed by atoms with Gasteiger partial charge >= 0.3 is 0 Å². The number of allylic oxidation sites excluding steroid dienone is 3. The minimum absolute atomic E-state index is 0.160. The number of thioether (sulfide) groups is 1. The number of carbonyl (C=O) groups is 1. The van der Waals surface area contributed by atoms with Gasteiger partial charge in [0.1, 0.15) is 0 Å². The molecule has 2 nitrogen and oxygen atoms in total. The van der Waals surface area contributed by atoms with Crippen LogP contribution in [0, 0.1) is 0 Å². The first-order chi connectivity index (χ1) is 7.11. The molecule has 0 aliphatic rings. The van der Waals surface area contributed by atoms with Gasteiger partial charge in [-0.3, -0.25) is 4.79 Å². The molecular formula is C12H23NOS. The maximum absolute atomic E-state index is 10.8. The van der Waals surface area contributed by atoms with Crippen LogP contribution >= 0.6 is 11.8 Å². The molecule has 0 heterocycles. The molecular weight excluding hydrogens is 206 g/mol. The van der Waals surface area contributed by atoms with Gasteiger partial charge in [-0.1, -0.05) is 39.0 Å². The van der Waals surface area contributed by atoms with Gasteiger partial charge in [-0.15, -0.1) is 11.8 Å². The molecule has 1 amide bonds. The van der Waals surface area contributed by atoms with E-state index in [1.807, 2.05) is 39.8 Å². The highest BCUT2D eigenvalue weighted by molar-refractivity contribution is 8.04. The molecule has 0 radical (unpaired) electrons. The first-order valence-corrected chi connectivity index (χ1v) is 6.28. The van der Waals surface area contributed by atoms with Gasteiger partial charge in [-0.25, -0.2) is 0 Å². The molecule has 0 fully saturated rings. The van der Waals surface area contributed by atoms with Gasteiger partial charge in [0.05, 0.1) is 5.25 Å². The van der Waals surface area contributed by atoms with Crippen molar-refractivity contribution >= 4 is 17.7 Å². The van der Waals surface area contributed by atoms with Crippen LogP contribution in [0.2, 0.25) is 0 Å². The van der Waals surface area contributed by atoms with Gasteiger partial charge in [-0.2, -0.15) is 0 Å². The van der Waals surface area contributed by atoms with E-state index >= 15 is 0 Å². The first-order valence-electron chi connectivity index (χ1n) is 5.40. The Morgan fingerprint density at radius 2 is 2.00 bits per heavy atom. The van der Waals surface area contributed by atoms with E-state index in [0.29, 0.717) is 0 Å². The van der Waals surface area contributed by atoms with Crippen LogP contribution in [-0.2, 0) is 4.79 Å². The summed E-state index contributed by atoms with van der Waals surface area (Å²) < 4.78 is 0. The number of hydrogen-bond acceptors (Lipinski definition) is 2. The molecule has 0 saturated heterocycles. The standard InChI is InChI=1S/C10H17NOS.C2H6/c1-4-6-7-9(5-2)13-8(3)10(11)12;1-2/h5-8H,4H2,1-3H3,(H2,11,12);1-2H3/b7-6+,9-5-;.